The van der Waals surface area contributed by atoms with Gasteiger partial charge in [0, 0.05) is 48.6 Å². The van der Waals surface area contributed by atoms with Crippen molar-refractivity contribution >= 4 is 49.1 Å². The number of nitriles is 1. The normalized spacial score (nSPS) is 19.6. The fourth-order valence-corrected chi connectivity index (χ4v) is 6.78. The zero-order valence-electron chi connectivity index (χ0n) is 26.8. The Bertz CT molecular complexity index is 1590. The van der Waals surface area contributed by atoms with Gasteiger partial charge in [-0.3, -0.25) is 9.52 Å². The highest BCUT2D eigenvalue weighted by Gasteiger charge is 2.71. The van der Waals surface area contributed by atoms with Crippen LogP contribution in [0.25, 0.3) is 5.82 Å². The van der Waals surface area contributed by atoms with Gasteiger partial charge in [-0.05, 0) is 55.1 Å². The molecule has 1 saturated heterocycles. The molecule has 0 aromatic carbocycles. The number of rotatable bonds is 14. The first-order valence-corrected chi connectivity index (χ1v) is 16.7. The van der Waals surface area contributed by atoms with E-state index in [0.717, 1.165) is 37.5 Å². The van der Waals surface area contributed by atoms with Gasteiger partial charge in [-0.2, -0.15) is 13.2 Å². The number of halogens is 4. The quantitative estimate of drug-likeness (QED) is 0.0541. The van der Waals surface area contributed by atoms with Crippen LogP contribution in [0.5, 0.6) is 5.88 Å². The molecule has 2 unspecified atom stereocenters. The molecule has 3 heterocycles. The molecule has 2 fully saturated rings. The number of ether oxygens (including phenoxy) is 1. The number of hydrogen-bond acceptors (Lipinski definition) is 9. The molecule has 2 aromatic rings. The van der Waals surface area contributed by atoms with E-state index in [1.165, 1.54) is 35.2 Å². The fraction of sp³-hybridized carbons (Fsp3) is 0.516. The number of carbonyl (C=O) groups excluding carboxylic acids is 1. The van der Waals surface area contributed by atoms with Crippen LogP contribution in [0.2, 0.25) is 16.8 Å². The van der Waals surface area contributed by atoms with Gasteiger partial charge in [0.15, 0.2) is 5.82 Å². The van der Waals surface area contributed by atoms with Crippen LogP contribution in [0, 0.1) is 22.6 Å². The van der Waals surface area contributed by atoms with Crippen LogP contribution < -0.4 is 14.8 Å². The fourth-order valence-electron chi connectivity index (χ4n) is 6.00. The van der Waals surface area contributed by atoms with Crippen LogP contribution in [0.1, 0.15) is 62.7 Å². The summed E-state index contributed by atoms with van der Waals surface area (Å²) in [6.07, 6.45) is 1.35. The van der Waals surface area contributed by atoms with Crippen LogP contribution in [-0.4, -0.2) is 70.2 Å². The Morgan fingerprint density at radius 2 is 2.12 bits per heavy atom. The standard InChI is InChI=1S/C31H37B2ClF3N7O3S/c1-5-25(40-20(2)39-14-6-7-21-17-28(3,4)33(18-21)19-38)48-43-27(45)22-8-9-23(41-26(22)34)44-15-10-24(42-44)47-16-13-30(32,46)29(11-12-29)31(35,36)37/h5,8-10,15,21,39,46H,1-2,6-7,11-14,16-18H2,3-4H3,(H,43,45)/b40-25+. The number of aliphatic imine (C=N–C) groups is 1. The smallest absolute Gasteiger partial charge is 0.396 e. The van der Waals surface area contributed by atoms with Crippen molar-refractivity contribution in [1.82, 2.24) is 24.8 Å². The molecule has 0 bridgehead atoms. The van der Waals surface area contributed by atoms with Crippen molar-refractivity contribution in [2.75, 3.05) is 13.2 Å². The van der Waals surface area contributed by atoms with Crippen LogP contribution in [0.3, 0.4) is 0 Å². The van der Waals surface area contributed by atoms with Crippen molar-refractivity contribution in [2.24, 2.45) is 16.3 Å². The largest absolute Gasteiger partial charge is 0.477 e. The van der Waals surface area contributed by atoms with E-state index in [4.69, 9.17) is 24.2 Å². The van der Waals surface area contributed by atoms with Gasteiger partial charge in [0.1, 0.15) is 23.9 Å². The highest BCUT2D eigenvalue weighted by Crippen LogP contribution is 2.63. The van der Waals surface area contributed by atoms with E-state index in [-0.39, 0.29) is 53.9 Å². The van der Waals surface area contributed by atoms with Crippen LogP contribution in [0.4, 0.5) is 13.2 Å². The lowest BCUT2D eigenvalue weighted by Crippen LogP contribution is -2.49. The number of nitrogens with zero attached hydrogens (tertiary/aromatic N) is 5. The topological polar surface area (TPSA) is 137 Å². The van der Waals surface area contributed by atoms with Gasteiger partial charge in [0.05, 0.1) is 17.6 Å². The Labute approximate surface area is 289 Å². The van der Waals surface area contributed by atoms with Gasteiger partial charge in [-0.25, -0.2) is 19.9 Å². The van der Waals surface area contributed by atoms with Crippen LogP contribution in [-0.2, 0) is 0 Å². The summed E-state index contributed by atoms with van der Waals surface area (Å²) in [5, 5.41) is 27.4. The molecule has 48 heavy (non-hydrogen) atoms. The first-order chi connectivity index (χ1) is 22.5. The van der Waals surface area contributed by atoms with Gasteiger partial charge in [-0.1, -0.05) is 51.3 Å². The van der Waals surface area contributed by atoms with Crippen LogP contribution in [0.15, 0.2) is 54.4 Å². The van der Waals surface area contributed by atoms with Gasteiger partial charge < -0.3 is 15.2 Å². The van der Waals surface area contributed by atoms with Gasteiger partial charge in [0.2, 0.25) is 5.88 Å². The van der Waals surface area contributed by atoms with Crippen molar-refractivity contribution in [2.45, 2.75) is 75.7 Å². The third-order valence-electron chi connectivity index (χ3n) is 9.00. The summed E-state index contributed by atoms with van der Waals surface area (Å²) in [6.45, 7) is 12.5. The molecule has 2 aliphatic rings. The minimum absolute atomic E-state index is 0.0548. The SMILES string of the molecule is [B]C(O)(CCOc1ccn(-c2ccc(C(=O)NS/C(C=C)=N/C(=C)NCCCC3CB(C#N)C(C)(C)C3)c(Cl)n2)n1)C1(C(F)(F)F)CC1. The number of carbonyl (C=O) groups is 1. The minimum atomic E-state index is -4.61. The zero-order valence-corrected chi connectivity index (χ0v) is 28.4. The zero-order chi connectivity index (χ0) is 35.3. The number of pyridine rings is 1. The molecule has 0 spiro atoms. The number of aliphatic hydroxyl groups is 1. The maximum absolute atomic E-state index is 13.3. The molecule has 2 aromatic heterocycles. The molecular formula is C31H37B2ClF3N7O3S. The Balaban J connectivity index is 1.23. The van der Waals surface area contributed by atoms with Gasteiger partial charge in [0.25, 0.3) is 12.6 Å². The Hall–Kier alpha value is -3.41. The molecule has 17 heteroatoms. The highest BCUT2D eigenvalue weighted by atomic mass is 35.5. The second kappa shape index (κ2) is 15.0. The summed E-state index contributed by atoms with van der Waals surface area (Å²) in [4.78, 5) is 21.4. The lowest BCUT2D eigenvalue weighted by Gasteiger charge is -2.35. The number of alkyl halides is 3. The molecule has 2 atom stereocenters. The number of hydrogen-bond donors (Lipinski definition) is 3. The summed E-state index contributed by atoms with van der Waals surface area (Å²) in [5.41, 5.74) is -4.69. The summed E-state index contributed by atoms with van der Waals surface area (Å²) in [6, 6.07) is 4.42. The van der Waals surface area contributed by atoms with Crippen molar-refractivity contribution in [3.05, 3.63) is 60.2 Å². The predicted octanol–water partition coefficient (Wildman–Crippen LogP) is 6.05. The molecular weight excluding hydrogens is 665 g/mol. The maximum atomic E-state index is 13.3. The highest BCUT2D eigenvalue weighted by molar-refractivity contribution is 8.13. The van der Waals surface area contributed by atoms with E-state index < -0.39 is 29.4 Å². The average molecular weight is 702 g/mol. The van der Waals surface area contributed by atoms with Crippen molar-refractivity contribution in [3.63, 3.8) is 0 Å². The lowest BCUT2D eigenvalue weighted by atomic mass is 9.37. The molecule has 4 rings (SSSR count). The molecule has 1 aliphatic heterocycles. The van der Waals surface area contributed by atoms with E-state index in [1.807, 2.05) is 0 Å². The first-order valence-electron chi connectivity index (χ1n) is 15.5. The Morgan fingerprint density at radius 1 is 1.40 bits per heavy atom. The van der Waals surface area contributed by atoms with Crippen molar-refractivity contribution in [1.29, 1.82) is 5.26 Å². The molecule has 1 aliphatic carbocycles. The summed E-state index contributed by atoms with van der Waals surface area (Å²) in [7, 11) is 5.63. The van der Waals surface area contributed by atoms with Crippen molar-refractivity contribution < 1.29 is 27.8 Å². The maximum Gasteiger partial charge on any atom is 0.396 e. The Morgan fingerprint density at radius 3 is 2.73 bits per heavy atom. The molecule has 3 N–H and O–H groups in total. The predicted molar refractivity (Wildman–Crippen MR) is 182 cm³/mol. The molecule has 1 amide bonds. The van der Waals surface area contributed by atoms with E-state index in [2.05, 4.69) is 58.1 Å². The summed E-state index contributed by atoms with van der Waals surface area (Å²) < 4.78 is 49.4. The number of amides is 1. The third kappa shape index (κ3) is 8.78. The molecule has 254 valence electrons. The van der Waals surface area contributed by atoms with Crippen molar-refractivity contribution in [3.8, 4) is 17.7 Å². The van der Waals surface area contributed by atoms with E-state index in [9.17, 15) is 28.3 Å². The summed E-state index contributed by atoms with van der Waals surface area (Å²) in [5.74, 6) is 3.18. The first kappa shape index (κ1) is 37.4. The molecule has 10 nitrogen and oxygen atoms in total. The average Bonchev–Trinajstić information content (AvgIpc) is 3.65. The summed E-state index contributed by atoms with van der Waals surface area (Å²) >= 11 is 7.24. The second-order valence-corrected chi connectivity index (χ2v) is 14.1. The second-order valence-electron chi connectivity index (χ2n) is 12.9. The van der Waals surface area contributed by atoms with Gasteiger partial charge in [-0.15, -0.1) is 5.10 Å². The minimum Gasteiger partial charge on any atom is -0.477 e. The van der Waals surface area contributed by atoms with E-state index in [0.29, 0.717) is 23.3 Å². The molecule has 2 radical (unpaired) electrons. The van der Waals surface area contributed by atoms with Gasteiger partial charge >= 0.3 is 6.18 Å². The van der Waals surface area contributed by atoms with E-state index in [1.54, 1.807) is 0 Å². The van der Waals surface area contributed by atoms with E-state index >= 15 is 0 Å². The third-order valence-corrected chi connectivity index (χ3v) is 10.0. The van der Waals surface area contributed by atoms with Crippen LogP contribution >= 0.6 is 23.5 Å². The number of aromatic nitrogens is 3. The lowest BCUT2D eigenvalue weighted by molar-refractivity contribution is -0.225. The molecule has 1 saturated carbocycles. The monoisotopic (exact) mass is 701 g/mol. The Kier molecular flexibility index (Phi) is 11.7. The number of nitrogens with one attached hydrogen (secondary N) is 2.